The lowest BCUT2D eigenvalue weighted by molar-refractivity contribution is -0.00479. The maximum atomic E-state index is 14.6. The van der Waals surface area contributed by atoms with Crippen LogP contribution in [0.25, 0.3) is 10.9 Å². The number of nitrogens with one attached hydrogen (secondary N) is 3. The first-order valence-corrected chi connectivity index (χ1v) is 10.2. The number of hydrogen-bond donors (Lipinski definition) is 3. The zero-order valence-electron chi connectivity index (χ0n) is 16.3. The van der Waals surface area contributed by atoms with Crippen LogP contribution < -0.4 is 15.4 Å². The number of carbonyl (C=O) groups excluding carboxylic acids is 1. The molecule has 1 aliphatic heterocycles. The van der Waals surface area contributed by atoms with Crippen LogP contribution in [-0.4, -0.2) is 21.8 Å². The number of rotatable bonds is 2. The first-order chi connectivity index (χ1) is 14.5. The van der Waals surface area contributed by atoms with Gasteiger partial charge >= 0.3 is 6.03 Å². The van der Waals surface area contributed by atoms with E-state index in [0.717, 1.165) is 49.1 Å². The molecule has 1 spiro atoms. The summed E-state index contributed by atoms with van der Waals surface area (Å²) in [5, 5.41) is 13.4. The van der Waals surface area contributed by atoms with Crippen molar-refractivity contribution >= 4 is 22.6 Å². The van der Waals surface area contributed by atoms with Gasteiger partial charge in [-0.2, -0.15) is 5.10 Å². The van der Waals surface area contributed by atoms with Crippen LogP contribution in [0.15, 0.2) is 36.5 Å². The van der Waals surface area contributed by atoms with Crippen molar-refractivity contribution in [1.82, 2.24) is 15.5 Å². The fourth-order valence-electron chi connectivity index (χ4n) is 4.71. The fraction of sp³-hybridized carbons (Fsp3) is 0.364. The molecular weight excluding hydrogens is 390 g/mol. The first-order valence-electron chi connectivity index (χ1n) is 10.2. The van der Waals surface area contributed by atoms with Crippen LogP contribution in [0.5, 0.6) is 5.75 Å². The van der Waals surface area contributed by atoms with Crippen molar-refractivity contribution in [3.8, 4) is 5.75 Å². The van der Waals surface area contributed by atoms with E-state index in [2.05, 4.69) is 20.8 Å². The number of hydrogen-bond acceptors (Lipinski definition) is 3. The standard InChI is InChI=1S/C22H22F2N4O2/c23-13-9-14-19(11-22(7-2-1-3-8-22)30-20(14)16(24)10-13)27-21(29)26-17-5-4-6-18-15(17)12-25-28-18/h4-6,9-10,12,19H,1-3,7-8,11H2,(H,25,28)(H2,26,27,29). The lowest BCUT2D eigenvalue weighted by atomic mass is 9.77. The van der Waals surface area contributed by atoms with Gasteiger partial charge in [0.25, 0.3) is 0 Å². The Labute approximate surface area is 172 Å². The normalized spacial score (nSPS) is 19.9. The summed E-state index contributed by atoms with van der Waals surface area (Å²) in [5.41, 5.74) is 1.20. The molecule has 2 amide bonds. The molecule has 1 aliphatic carbocycles. The molecule has 0 saturated heterocycles. The molecule has 5 rings (SSSR count). The number of aromatic amines is 1. The first kappa shape index (κ1) is 18.8. The van der Waals surface area contributed by atoms with Gasteiger partial charge < -0.3 is 15.4 Å². The van der Waals surface area contributed by atoms with Gasteiger partial charge in [0.2, 0.25) is 0 Å². The van der Waals surface area contributed by atoms with Crippen molar-refractivity contribution in [3.63, 3.8) is 0 Å². The van der Waals surface area contributed by atoms with Gasteiger partial charge in [0.05, 0.1) is 23.4 Å². The molecule has 2 aromatic carbocycles. The molecular formula is C22H22F2N4O2. The third-order valence-electron chi connectivity index (χ3n) is 6.11. The average molecular weight is 412 g/mol. The molecule has 0 bridgehead atoms. The van der Waals surface area contributed by atoms with Crippen molar-refractivity contribution in [2.75, 3.05) is 5.32 Å². The van der Waals surface area contributed by atoms with E-state index in [-0.39, 0.29) is 5.75 Å². The lowest BCUT2D eigenvalue weighted by Crippen LogP contribution is -2.47. The Balaban J connectivity index is 1.43. The number of H-pyrrole nitrogens is 1. The molecule has 30 heavy (non-hydrogen) atoms. The number of amides is 2. The van der Waals surface area contributed by atoms with Crippen LogP contribution in [-0.2, 0) is 0 Å². The highest BCUT2D eigenvalue weighted by Crippen LogP contribution is 2.47. The molecule has 2 heterocycles. The zero-order valence-corrected chi connectivity index (χ0v) is 16.3. The number of ether oxygens (including phenoxy) is 1. The van der Waals surface area contributed by atoms with Crippen molar-refractivity contribution < 1.29 is 18.3 Å². The second-order valence-electron chi connectivity index (χ2n) is 8.14. The molecule has 0 radical (unpaired) electrons. The van der Waals surface area contributed by atoms with Crippen molar-refractivity contribution in [2.45, 2.75) is 50.2 Å². The molecule has 1 atom stereocenters. The zero-order chi connectivity index (χ0) is 20.7. The molecule has 3 N–H and O–H groups in total. The van der Waals surface area contributed by atoms with Crippen LogP contribution in [0.4, 0.5) is 19.3 Å². The lowest BCUT2D eigenvalue weighted by Gasteiger charge is -2.44. The second kappa shape index (κ2) is 7.27. The minimum atomic E-state index is -0.731. The Bertz CT molecular complexity index is 1110. The third-order valence-corrected chi connectivity index (χ3v) is 6.11. The van der Waals surface area contributed by atoms with E-state index in [1.54, 1.807) is 12.3 Å². The van der Waals surface area contributed by atoms with E-state index in [1.807, 2.05) is 12.1 Å². The van der Waals surface area contributed by atoms with Crippen molar-refractivity contribution in [1.29, 1.82) is 0 Å². The Hall–Kier alpha value is -3.16. The predicted molar refractivity (Wildman–Crippen MR) is 108 cm³/mol. The van der Waals surface area contributed by atoms with E-state index in [1.165, 1.54) is 6.07 Å². The number of carbonyl (C=O) groups is 1. The summed E-state index contributed by atoms with van der Waals surface area (Å²) < 4.78 is 34.6. The average Bonchev–Trinajstić information content (AvgIpc) is 3.20. The monoisotopic (exact) mass is 412 g/mol. The largest absolute Gasteiger partial charge is 0.484 e. The highest BCUT2D eigenvalue weighted by Gasteiger charge is 2.43. The van der Waals surface area contributed by atoms with Gasteiger partial charge in [-0.15, -0.1) is 0 Å². The predicted octanol–water partition coefficient (Wildman–Crippen LogP) is 5.19. The summed E-state index contributed by atoms with van der Waals surface area (Å²) in [6, 6.07) is 6.52. The minimum Gasteiger partial charge on any atom is -0.484 e. The van der Waals surface area contributed by atoms with Gasteiger partial charge in [0.15, 0.2) is 11.6 Å². The van der Waals surface area contributed by atoms with E-state index in [9.17, 15) is 13.6 Å². The summed E-state index contributed by atoms with van der Waals surface area (Å²) >= 11 is 0. The van der Waals surface area contributed by atoms with Gasteiger partial charge in [0.1, 0.15) is 11.4 Å². The molecule has 3 aromatic rings. The van der Waals surface area contributed by atoms with Crippen LogP contribution >= 0.6 is 0 Å². The number of fused-ring (bicyclic) bond motifs is 2. The molecule has 6 nitrogen and oxygen atoms in total. The van der Waals surface area contributed by atoms with Crippen LogP contribution in [0.1, 0.15) is 50.1 Å². The highest BCUT2D eigenvalue weighted by atomic mass is 19.1. The van der Waals surface area contributed by atoms with Gasteiger partial charge in [-0.25, -0.2) is 13.6 Å². The second-order valence-corrected chi connectivity index (χ2v) is 8.14. The molecule has 1 unspecified atom stereocenters. The number of aromatic nitrogens is 2. The molecule has 156 valence electrons. The van der Waals surface area contributed by atoms with E-state index in [0.29, 0.717) is 17.7 Å². The summed E-state index contributed by atoms with van der Waals surface area (Å²) in [6.07, 6.45) is 6.77. The van der Waals surface area contributed by atoms with Gasteiger partial charge in [-0.05, 0) is 43.9 Å². The number of urea groups is 1. The SMILES string of the molecule is O=C(Nc1cccc2[nH]ncc12)NC1CC2(CCCCC2)Oc2c(F)cc(F)cc21. The number of halogens is 2. The smallest absolute Gasteiger partial charge is 0.319 e. The Kier molecular flexibility index (Phi) is 4.56. The Morgan fingerprint density at radius 1 is 1.20 bits per heavy atom. The molecule has 1 aromatic heterocycles. The number of anilines is 1. The molecule has 1 saturated carbocycles. The maximum absolute atomic E-state index is 14.6. The highest BCUT2D eigenvalue weighted by molar-refractivity contribution is 6.00. The summed E-state index contributed by atoms with van der Waals surface area (Å²) in [5.74, 6) is -1.37. The fourth-order valence-corrected chi connectivity index (χ4v) is 4.71. The summed E-state index contributed by atoms with van der Waals surface area (Å²) in [7, 11) is 0. The van der Waals surface area contributed by atoms with Crippen LogP contribution in [0, 0.1) is 11.6 Å². The van der Waals surface area contributed by atoms with Crippen molar-refractivity contribution in [3.05, 3.63) is 53.7 Å². The topological polar surface area (TPSA) is 79.0 Å². The summed E-state index contributed by atoms with van der Waals surface area (Å²) in [4.78, 5) is 12.8. The van der Waals surface area contributed by atoms with Crippen LogP contribution in [0.2, 0.25) is 0 Å². The number of nitrogens with zero attached hydrogens (tertiary/aromatic N) is 1. The van der Waals surface area contributed by atoms with Gasteiger partial charge in [-0.3, -0.25) is 5.10 Å². The Morgan fingerprint density at radius 2 is 2.03 bits per heavy atom. The minimum absolute atomic E-state index is 0.0480. The van der Waals surface area contributed by atoms with Crippen molar-refractivity contribution in [2.24, 2.45) is 0 Å². The third kappa shape index (κ3) is 3.36. The van der Waals surface area contributed by atoms with Gasteiger partial charge in [-0.1, -0.05) is 12.5 Å². The van der Waals surface area contributed by atoms with Gasteiger partial charge in [0, 0.05) is 23.4 Å². The van der Waals surface area contributed by atoms with E-state index >= 15 is 0 Å². The quantitative estimate of drug-likeness (QED) is 0.542. The van der Waals surface area contributed by atoms with Crippen LogP contribution in [0.3, 0.4) is 0 Å². The Morgan fingerprint density at radius 3 is 2.87 bits per heavy atom. The molecule has 8 heteroatoms. The molecule has 2 aliphatic rings. The number of benzene rings is 2. The van der Waals surface area contributed by atoms with E-state index < -0.39 is 29.3 Å². The molecule has 1 fully saturated rings. The maximum Gasteiger partial charge on any atom is 0.319 e. The van der Waals surface area contributed by atoms with E-state index in [4.69, 9.17) is 4.74 Å². The summed E-state index contributed by atoms with van der Waals surface area (Å²) in [6.45, 7) is 0.